The monoisotopic (exact) mass is 213 g/mol. The molecule has 0 aromatic carbocycles. The Kier molecular flexibility index (Phi) is 3.88. The van der Waals surface area contributed by atoms with Crippen molar-refractivity contribution >= 4 is 11.3 Å². The second-order valence-corrected chi connectivity index (χ2v) is 4.03. The predicted octanol–water partition coefficient (Wildman–Crippen LogP) is 0.221. The van der Waals surface area contributed by atoms with E-state index < -0.39 is 0 Å². The molecule has 2 heterocycles. The number of aromatic nitrogens is 1. The van der Waals surface area contributed by atoms with Crippen LogP contribution in [0, 0.1) is 0 Å². The molecule has 4 nitrogen and oxygen atoms in total. The van der Waals surface area contributed by atoms with Crippen molar-refractivity contribution in [2.75, 3.05) is 26.2 Å². The summed E-state index contributed by atoms with van der Waals surface area (Å²) < 4.78 is 5.55. The lowest BCUT2D eigenvalue weighted by Gasteiger charge is -2.23. The highest BCUT2D eigenvalue weighted by Crippen LogP contribution is 2.00. The molecule has 1 aliphatic rings. The Morgan fingerprint density at radius 1 is 1.71 bits per heavy atom. The van der Waals surface area contributed by atoms with E-state index in [1.807, 2.05) is 5.51 Å². The first-order chi connectivity index (χ1) is 6.95. The number of nitrogens with one attached hydrogen (secondary N) is 2. The maximum absolute atomic E-state index is 5.55. The van der Waals surface area contributed by atoms with Crippen molar-refractivity contribution in [1.82, 2.24) is 15.6 Å². The number of nitrogens with zero attached hydrogens (tertiary/aromatic N) is 1. The molecule has 0 bridgehead atoms. The lowest BCUT2D eigenvalue weighted by atomic mass is 10.3. The van der Waals surface area contributed by atoms with Gasteiger partial charge in [-0.05, 0) is 0 Å². The van der Waals surface area contributed by atoms with E-state index in [-0.39, 0.29) is 0 Å². The van der Waals surface area contributed by atoms with Gasteiger partial charge in [0.2, 0.25) is 0 Å². The molecule has 0 aliphatic carbocycles. The van der Waals surface area contributed by atoms with Crippen molar-refractivity contribution in [2.24, 2.45) is 0 Å². The van der Waals surface area contributed by atoms with Crippen molar-refractivity contribution < 1.29 is 4.74 Å². The van der Waals surface area contributed by atoms with E-state index in [4.69, 9.17) is 4.74 Å². The highest BCUT2D eigenvalue weighted by molar-refractivity contribution is 7.07. The molecule has 2 N–H and O–H groups in total. The minimum atomic E-state index is 0.308. The predicted molar refractivity (Wildman–Crippen MR) is 56.4 cm³/mol. The molecule has 14 heavy (non-hydrogen) atoms. The Bertz CT molecular complexity index is 247. The number of rotatable bonds is 4. The first kappa shape index (κ1) is 10.0. The third-order valence-corrected chi connectivity index (χ3v) is 2.80. The van der Waals surface area contributed by atoms with E-state index in [9.17, 15) is 0 Å². The van der Waals surface area contributed by atoms with Crippen molar-refractivity contribution in [3.63, 3.8) is 0 Å². The maximum atomic E-state index is 5.55. The van der Waals surface area contributed by atoms with Crippen LogP contribution in [0.4, 0.5) is 0 Å². The zero-order chi connectivity index (χ0) is 9.64. The van der Waals surface area contributed by atoms with Crippen molar-refractivity contribution in [2.45, 2.75) is 12.6 Å². The van der Waals surface area contributed by atoms with Crippen LogP contribution >= 0.6 is 11.3 Å². The first-order valence-electron chi connectivity index (χ1n) is 4.85. The van der Waals surface area contributed by atoms with Gasteiger partial charge in [0, 0.05) is 31.6 Å². The number of thiazole rings is 1. The Labute approximate surface area is 87.7 Å². The molecule has 1 aromatic heterocycles. The van der Waals surface area contributed by atoms with Gasteiger partial charge >= 0.3 is 0 Å². The molecule has 1 atom stereocenters. The standard InChI is InChI=1S/C9H15N3OS/c1-2-13-9(4-10-1)5-11-3-8-6-14-7-12-8/h6-7,9-11H,1-5H2. The second kappa shape index (κ2) is 5.41. The molecular weight excluding hydrogens is 198 g/mol. The Balaban J connectivity index is 1.62. The van der Waals surface area contributed by atoms with Crippen LogP contribution in [0.15, 0.2) is 10.9 Å². The van der Waals surface area contributed by atoms with E-state index in [1.165, 1.54) is 0 Å². The van der Waals surface area contributed by atoms with Gasteiger partial charge in [-0.25, -0.2) is 4.98 Å². The molecule has 0 radical (unpaired) electrons. The molecule has 1 unspecified atom stereocenters. The third kappa shape index (κ3) is 3.02. The Morgan fingerprint density at radius 2 is 2.71 bits per heavy atom. The fraction of sp³-hybridized carbons (Fsp3) is 0.667. The summed E-state index contributed by atoms with van der Waals surface area (Å²) in [4.78, 5) is 4.20. The fourth-order valence-electron chi connectivity index (χ4n) is 1.44. The lowest BCUT2D eigenvalue weighted by molar-refractivity contribution is 0.0290. The van der Waals surface area contributed by atoms with Crippen LogP contribution in [0.1, 0.15) is 5.69 Å². The van der Waals surface area contributed by atoms with Gasteiger partial charge in [0.1, 0.15) is 0 Å². The molecule has 1 aliphatic heterocycles. The van der Waals surface area contributed by atoms with E-state index in [1.54, 1.807) is 11.3 Å². The van der Waals surface area contributed by atoms with Gasteiger partial charge in [-0.15, -0.1) is 11.3 Å². The van der Waals surface area contributed by atoms with E-state index in [0.29, 0.717) is 6.10 Å². The molecule has 0 saturated carbocycles. The molecule has 5 heteroatoms. The van der Waals surface area contributed by atoms with Gasteiger partial charge in [-0.2, -0.15) is 0 Å². The molecule has 1 fully saturated rings. The van der Waals surface area contributed by atoms with E-state index in [2.05, 4.69) is 21.0 Å². The van der Waals surface area contributed by atoms with Gasteiger partial charge in [0.05, 0.1) is 23.9 Å². The molecule has 0 amide bonds. The van der Waals surface area contributed by atoms with Gasteiger partial charge in [-0.3, -0.25) is 0 Å². The number of morpholine rings is 1. The number of hydrogen-bond acceptors (Lipinski definition) is 5. The number of ether oxygens (including phenoxy) is 1. The topological polar surface area (TPSA) is 46.2 Å². The SMILES string of the molecule is c1nc(CNCC2CNCCO2)cs1. The summed E-state index contributed by atoms with van der Waals surface area (Å²) in [5.41, 5.74) is 2.97. The molecule has 2 rings (SSSR count). The maximum Gasteiger partial charge on any atom is 0.0824 e. The van der Waals surface area contributed by atoms with Crippen molar-refractivity contribution in [1.29, 1.82) is 0 Å². The Morgan fingerprint density at radius 3 is 3.43 bits per heavy atom. The third-order valence-electron chi connectivity index (χ3n) is 2.17. The summed E-state index contributed by atoms with van der Waals surface area (Å²) in [6.07, 6.45) is 0.308. The zero-order valence-corrected chi connectivity index (χ0v) is 8.85. The Hall–Kier alpha value is -0.490. The molecular formula is C9H15N3OS. The summed E-state index contributed by atoms with van der Waals surface area (Å²) in [5.74, 6) is 0. The summed E-state index contributed by atoms with van der Waals surface area (Å²) in [6, 6.07) is 0. The smallest absolute Gasteiger partial charge is 0.0824 e. The normalized spacial score (nSPS) is 22.4. The van der Waals surface area contributed by atoms with Crippen LogP contribution in [-0.4, -0.2) is 37.3 Å². The summed E-state index contributed by atoms with van der Waals surface area (Å²) in [5, 5.41) is 8.70. The highest BCUT2D eigenvalue weighted by Gasteiger charge is 2.12. The number of hydrogen-bond donors (Lipinski definition) is 2. The summed E-state index contributed by atoms with van der Waals surface area (Å²) in [7, 11) is 0. The van der Waals surface area contributed by atoms with E-state index in [0.717, 1.165) is 38.5 Å². The summed E-state index contributed by atoms with van der Waals surface area (Å²) in [6.45, 7) is 4.48. The fourth-order valence-corrected chi connectivity index (χ4v) is 2.00. The van der Waals surface area contributed by atoms with Crippen LogP contribution < -0.4 is 10.6 Å². The van der Waals surface area contributed by atoms with Crippen LogP contribution in [-0.2, 0) is 11.3 Å². The minimum absolute atomic E-state index is 0.308. The molecule has 78 valence electrons. The van der Waals surface area contributed by atoms with Crippen LogP contribution in [0.25, 0.3) is 0 Å². The van der Waals surface area contributed by atoms with Gasteiger partial charge in [0.15, 0.2) is 0 Å². The quantitative estimate of drug-likeness (QED) is 0.751. The largest absolute Gasteiger partial charge is 0.374 e. The van der Waals surface area contributed by atoms with Crippen molar-refractivity contribution in [3.8, 4) is 0 Å². The van der Waals surface area contributed by atoms with Gasteiger partial charge < -0.3 is 15.4 Å². The highest BCUT2D eigenvalue weighted by atomic mass is 32.1. The summed E-state index contributed by atoms with van der Waals surface area (Å²) >= 11 is 1.63. The van der Waals surface area contributed by atoms with E-state index >= 15 is 0 Å². The second-order valence-electron chi connectivity index (χ2n) is 3.31. The van der Waals surface area contributed by atoms with Gasteiger partial charge in [-0.1, -0.05) is 0 Å². The minimum Gasteiger partial charge on any atom is -0.374 e. The average Bonchev–Trinajstić information content (AvgIpc) is 2.72. The lowest BCUT2D eigenvalue weighted by Crippen LogP contribution is -2.43. The van der Waals surface area contributed by atoms with Crippen LogP contribution in [0.5, 0.6) is 0 Å². The van der Waals surface area contributed by atoms with Crippen molar-refractivity contribution in [3.05, 3.63) is 16.6 Å². The average molecular weight is 213 g/mol. The van der Waals surface area contributed by atoms with Crippen LogP contribution in [0.2, 0.25) is 0 Å². The van der Waals surface area contributed by atoms with Gasteiger partial charge in [0.25, 0.3) is 0 Å². The molecule has 0 spiro atoms. The zero-order valence-electron chi connectivity index (χ0n) is 8.03. The molecule has 1 saturated heterocycles. The molecule has 1 aromatic rings. The van der Waals surface area contributed by atoms with Crippen LogP contribution in [0.3, 0.4) is 0 Å². The first-order valence-corrected chi connectivity index (χ1v) is 5.79.